The minimum atomic E-state index is -3.44. The molecule has 0 atom stereocenters. The molecule has 0 unspecified atom stereocenters. The first-order valence-electron chi connectivity index (χ1n) is 2.30. The van der Waals surface area contributed by atoms with Crippen molar-refractivity contribution in [3.05, 3.63) is 0 Å². The van der Waals surface area contributed by atoms with Gasteiger partial charge in [-0.1, -0.05) is 0 Å². The van der Waals surface area contributed by atoms with E-state index in [9.17, 15) is 8.42 Å². The Labute approximate surface area is 52.6 Å². The molecule has 0 heterocycles. The fourth-order valence-electron chi connectivity index (χ4n) is 0.400. The van der Waals surface area contributed by atoms with Crippen LogP contribution in [0.5, 0.6) is 0 Å². The standard InChI is InChI=1S/C3H6ClNO2S/c4-8(6,7)5-3-1-2-3/h3,5H,1-2H2. The largest absolute Gasteiger partial charge is 0.297 e. The first kappa shape index (κ1) is 6.32. The molecule has 0 spiro atoms. The van der Waals surface area contributed by atoms with E-state index in [1.54, 1.807) is 0 Å². The molecule has 8 heavy (non-hydrogen) atoms. The van der Waals surface area contributed by atoms with Crippen LogP contribution in [0, 0.1) is 0 Å². The summed E-state index contributed by atoms with van der Waals surface area (Å²) in [7, 11) is 1.39. The van der Waals surface area contributed by atoms with E-state index in [4.69, 9.17) is 10.7 Å². The van der Waals surface area contributed by atoms with Crippen LogP contribution in [0.15, 0.2) is 0 Å². The number of hydrogen-bond acceptors (Lipinski definition) is 2. The van der Waals surface area contributed by atoms with Gasteiger partial charge in [0, 0.05) is 16.7 Å². The van der Waals surface area contributed by atoms with Crippen LogP contribution in [0.4, 0.5) is 0 Å². The van der Waals surface area contributed by atoms with Crippen LogP contribution >= 0.6 is 10.7 Å². The third kappa shape index (κ3) is 2.49. The van der Waals surface area contributed by atoms with Crippen molar-refractivity contribution in [3.63, 3.8) is 0 Å². The van der Waals surface area contributed by atoms with Gasteiger partial charge in [0.2, 0.25) is 0 Å². The van der Waals surface area contributed by atoms with Crippen molar-refractivity contribution in [2.45, 2.75) is 18.9 Å². The van der Waals surface area contributed by atoms with Crippen molar-refractivity contribution in [3.8, 4) is 0 Å². The second-order valence-corrected chi connectivity index (χ2v) is 4.16. The lowest BCUT2D eigenvalue weighted by Gasteiger charge is -1.91. The van der Waals surface area contributed by atoms with Crippen LogP contribution in [0.1, 0.15) is 12.8 Å². The Bertz CT molecular complexity index is 172. The molecule has 0 saturated heterocycles. The summed E-state index contributed by atoms with van der Waals surface area (Å²) in [6, 6.07) is 0.123. The Morgan fingerprint density at radius 2 is 2.00 bits per heavy atom. The average molecular weight is 156 g/mol. The molecular weight excluding hydrogens is 150 g/mol. The van der Waals surface area contributed by atoms with Crippen LogP contribution in [0.3, 0.4) is 0 Å². The normalized spacial score (nSPS) is 21.1. The van der Waals surface area contributed by atoms with Gasteiger partial charge in [0.05, 0.1) is 0 Å². The molecule has 3 nitrogen and oxygen atoms in total. The second-order valence-electron chi connectivity index (χ2n) is 1.83. The highest BCUT2D eigenvalue weighted by molar-refractivity contribution is 8.12. The molecule has 1 fully saturated rings. The van der Waals surface area contributed by atoms with E-state index in [1.165, 1.54) is 0 Å². The van der Waals surface area contributed by atoms with Crippen molar-refractivity contribution in [2.24, 2.45) is 0 Å². The maximum atomic E-state index is 10.1. The molecule has 1 saturated carbocycles. The predicted molar refractivity (Wildman–Crippen MR) is 30.9 cm³/mol. The molecule has 0 radical (unpaired) electrons. The maximum Gasteiger partial charge on any atom is 0.297 e. The van der Waals surface area contributed by atoms with Gasteiger partial charge in [0.25, 0.3) is 9.24 Å². The van der Waals surface area contributed by atoms with Gasteiger partial charge in [-0.3, -0.25) is 0 Å². The monoisotopic (exact) mass is 155 g/mol. The Kier molecular flexibility index (Phi) is 1.47. The average Bonchev–Trinajstić information content (AvgIpc) is 2.12. The first-order valence-corrected chi connectivity index (χ1v) is 4.61. The molecular formula is C3H6ClNO2S. The van der Waals surface area contributed by atoms with Crippen LogP contribution in [0.25, 0.3) is 0 Å². The highest BCUT2D eigenvalue weighted by Crippen LogP contribution is 2.20. The predicted octanol–water partition coefficient (Wildman–Crippen LogP) is 0.222. The van der Waals surface area contributed by atoms with Gasteiger partial charge in [-0.2, -0.15) is 13.1 Å². The van der Waals surface area contributed by atoms with E-state index in [0.717, 1.165) is 12.8 Å². The minimum absolute atomic E-state index is 0.123. The lowest BCUT2D eigenvalue weighted by Crippen LogP contribution is -2.19. The molecule has 5 heteroatoms. The fourth-order valence-corrected chi connectivity index (χ4v) is 1.41. The van der Waals surface area contributed by atoms with Gasteiger partial charge >= 0.3 is 0 Å². The van der Waals surface area contributed by atoms with Crippen molar-refractivity contribution in [2.75, 3.05) is 0 Å². The highest BCUT2D eigenvalue weighted by Gasteiger charge is 2.25. The summed E-state index contributed by atoms with van der Waals surface area (Å²) >= 11 is 0. The van der Waals surface area contributed by atoms with Crippen molar-refractivity contribution >= 4 is 19.9 Å². The lowest BCUT2D eigenvalue weighted by molar-refractivity contribution is 0.596. The Hall–Kier alpha value is 0.200. The Balaban J connectivity index is 2.38. The van der Waals surface area contributed by atoms with Crippen LogP contribution in [0.2, 0.25) is 0 Å². The lowest BCUT2D eigenvalue weighted by atomic mass is 10.8. The molecule has 1 aliphatic rings. The minimum Gasteiger partial charge on any atom is -0.199 e. The van der Waals surface area contributed by atoms with Gasteiger partial charge in [0.15, 0.2) is 0 Å². The zero-order chi connectivity index (χ0) is 6.20. The zero-order valence-electron chi connectivity index (χ0n) is 4.09. The number of rotatable bonds is 2. The fraction of sp³-hybridized carbons (Fsp3) is 1.00. The van der Waals surface area contributed by atoms with Crippen LogP contribution < -0.4 is 4.72 Å². The summed E-state index contributed by atoms with van der Waals surface area (Å²) < 4.78 is 22.5. The third-order valence-corrected chi connectivity index (χ3v) is 1.77. The highest BCUT2D eigenvalue weighted by atomic mass is 35.7. The topological polar surface area (TPSA) is 46.2 Å². The van der Waals surface area contributed by atoms with E-state index in [2.05, 4.69) is 4.72 Å². The van der Waals surface area contributed by atoms with Gasteiger partial charge in [0.1, 0.15) is 0 Å². The zero-order valence-corrected chi connectivity index (χ0v) is 5.67. The molecule has 0 aromatic carbocycles. The molecule has 0 aromatic heterocycles. The number of halogens is 1. The Morgan fingerprint density at radius 1 is 1.50 bits per heavy atom. The van der Waals surface area contributed by atoms with Crippen molar-refractivity contribution in [1.82, 2.24) is 4.72 Å². The van der Waals surface area contributed by atoms with Crippen molar-refractivity contribution < 1.29 is 8.42 Å². The molecule has 0 aromatic rings. The number of hydrogen-bond donors (Lipinski definition) is 1. The van der Waals surface area contributed by atoms with E-state index in [-0.39, 0.29) is 6.04 Å². The van der Waals surface area contributed by atoms with Crippen molar-refractivity contribution in [1.29, 1.82) is 0 Å². The van der Waals surface area contributed by atoms with Crippen LogP contribution in [-0.2, 0) is 9.24 Å². The molecule has 1 aliphatic carbocycles. The van der Waals surface area contributed by atoms with E-state index < -0.39 is 9.24 Å². The summed E-state index contributed by atoms with van der Waals surface area (Å²) in [4.78, 5) is 0. The van der Waals surface area contributed by atoms with Gasteiger partial charge in [-0.15, -0.1) is 0 Å². The maximum absolute atomic E-state index is 10.1. The molecule has 0 bridgehead atoms. The SMILES string of the molecule is O=S(=O)(Cl)NC1CC1. The summed E-state index contributed by atoms with van der Waals surface area (Å²) in [5.74, 6) is 0. The number of nitrogens with one attached hydrogen (secondary N) is 1. The molecule has 48 valence electrons. The van der Waals surface area contributed by atoms with Gasteiger partial charge in [-0.25, -0.2) is 0 Å². The van der Waals surface area contributed by atoms with Gasteiger partial charge < -0.3 is 0 Å². The molecule has 1 rings (SSSR count). The quantitative estimate of drug-likeness (QED) is 0.580. The van der Waals surface area contributed by atoms with E-state index >= 15 is 0 Å². The molecule has 0 aliphatic heterocycles. The van der Waals surface area contributed by atoms with Gasteiger partial charge in [-0.05, 0) is 12.8 Å². The third-order valence-electron chi connectivity index (χ3n) is 0.885. The first-order chi connectivity index (χ1) is 3.58. The summed E-state index contributed by atoms with van der Waals surface area (Å²) in [6.07, 6.45) is 1.85. The van der Waals surface area contributed by atoms with E-state index in [0.29, 0.717) is 0 Å². The Morgan fingerprint density at radius 3 is 2.12 bits per heavy atom. The smallest absolute Gasteiger partial charge is 0.199 e. The molecule has 0 amide bonds. The van der Waals surface area contributed by atoms with Crippen LogP contribution in [-0.4, -0.2) is 14.5 Å². The summed E-state index contributed by atoms with van der Waals surface area (Å²) in [6.45, 7) is 0. The van der Waals surface area contributed by atoms with E-state index in [1.807, 2.05) is 0 Å². The summed E-state index contributed by atoms with van der Waals surface area (Å²) in [5.41, 5.74) is 0. The second kappa shape index (κ2) is 1.86. The summed E-state index contributed by atoms with van der Waals surface area (Å²) in [5, 5.41) is 0. The molecule has 1 N–H and O–H groups in total.